The number of amides is 1. The minimum absolute atomic E-state index is 0.0872. The molecule has 0 fully saturated rings. The SMILES string of the molecule is CCC(CC)NC(=O)C=Cc1c(C)nn(CC(C)C)c1Cl. The maximum atomic E-state index is 11.9. The average molecular weight is 312 g/mol. The molecular formula is C16H26ClN3O. The molecule has 1 amide bonds. The number of hydrogen-bond acceptors (Lipinski definition) is 2. The van der Waals surface area contributed by atoms with Gasteiger partial charge in [0.2, 0.25) is 5.91 Å². The van der Waals surface area contributed by atoms with Crippen molar-refractivity contribution in [3.63, 3.8) is 0 Å². The lowest BCUT2D eigenvalue weighted by Gasteiger charge is -2.12. The minimum atomic E-state index is -0.0872. The van der Waals surface area contributed by atoms with Gasteiger partial charge in [0.15, 0.2) is 0 Å². The fourth-order valence-electron chi connectivity index (χ4n) is 2.12. The third-order valence-electron chi connectivity index (χ3n) is 3.38. The summed E-state index contributed by atoms with van der Waals surface area (Å²) in [5.41, 5.74) is 1.66. The summed E-state index contributed by atoms with van der Waals surface area (Å²) < 4.78 is 1.79. The summed E-state index contributed by atoms with van der Waals surface area (Å²) in [5.74, 6) is 0.382. The molecule has 4 nitrogen and oxygen atoms in total. The van der Waals surface area contributed by atoms with Gasteiger partial charge in [0, 0.05) is 24.2 Å². The van der Waals surface area contributed by atoms with Gasteiger partial charge in [-0.1, -0.05) is 39.3 Å². The molecule has 0 saturated heterocycles. The molecule has 5 heteroatoms. The van der Waals surface area contributed by atoms with Crippen LogP contribution in [0.2, 0.25) is 5.15 Å². The van der Waals surface area contributed by atoms with Crippen LogP contribution in [0.1, 0.15) is 51.8 Å². The molecule has 0 saturated carbocycles. The highest BCUT2D eigenvalue weighted by molar-refractivity contribution is 6.31. The van der Waals surface area contributed by atoms with Crippen molar-refractivity contribution in [2.24, 2.45) is 5.92 Å². The van der Waals surface area contributed by atoms with Crippen molar-refractivity contribution < 1.29 is 4.79 Å². The first-order chi connectivity index (χ1) is 9.88. The Kier molecular flexibility index (Phi) is 6.96. The number of rotatable bonds is 7. The van der Waals surface area contributed by atoms with Gasteiger partial charge in [0.1, 0.15) is 5.15 Å². The molecule has 1 aromatic heterocycles. The van der Waals surface area contributed by atoms with Crippen LogP contribution in [0, 0.1) is 12.8 Å². The smallest absolute Gasteiger partial charge is 0.244 e. The number of nitrogens with zero attached hydrogens (tertiary/aromatic N) is 2. The van der Waals surface area contributed by atoms with E-state index in [9.17, 15) is 4.79 Å². The second-order valence-corrected chi connectivity index (χ2v) is 6.08. The lowest BCUT2D eigenvalue weighted by atomic mass is 10.1. The van der Waals surface area contributed by atoms with Crippen molar-refractivity contribution in [1.29, 1.82) is 0 Å². The molecule has 0 atom stereocenters. The van der Waals surface area contributed by atoms with Crippen molar-refractivity contribution in [1.82, 2.24) is 15.1 Å². The van der Waals surface area contributed by atoms with Crippen LogP contribution in [0.15, 0.2) is 6.08 Å². The molecule has 118 valence electrons. The quantitative estimate of drug-likeness (QED) is 0.778. The van der Waals surface area contributed by atoms with Crippen molar-refractivity contribution in [3.05, 3.63) is 22.5 Å². The predicted octanol–water partition coefficient (Wildman–Crippen LogP) is 3.82. The van der Waals surface area contributed by atoms with E-state index >= 15 is 0 Å². The summed E-state index contributed by atoms with van der Waals surface area (Å²) in [7, 11) is 0. The summed E-state index contributed by atoms with van der Waals surface area (Å²) in [6, 6.07) is 0.224. The average Bonchev–Trinajstić information content (AvgIpc) is 2.68. The monoisotopic (exact) mass is 311 g/mol. The molecule has 1 N–H and O–H groups in total. The number of halogens is 1. The summed E-state index contributed by atoms with van der Waals surface area (Å²) in [6.07, 6.45) is 5.15. The Morgan fingerprint density at radius 3 is 2.52 bits per heavy atom. The highest BCUT2D eigenvalue weighted by Crippen LogP contribution is 2.22. The van der Waals surface area contributed by atoms with Gasteiger partial charge in [-0.05, 0) is 31.8 Å². The maximum absolute atomic E-state index is 11.9. The van der Waals surface area contributed by atoms with Crippen molar-refractivity contribution in [3.8, 4) is 0 Å². The standard InChI is InChI=1S/C16H26ClN3O/c1-6-13(7-2)18-15(21)9-8-14-12(5)19-20(16(14)17)10-11(3)4/h8-9,11,13H,6-7,10H2,1-5H3,(H,18,21). The number of hydrogen-bond donors (Lipinski definition) is 1. The van der Waals surface area contributed by atoms with Crippen LogP contribution in [0.25, 0.3) is 6.08 Å². The molecule has 0 bridgehead atoms. The summed E-state index contributed by atoms with van der Waals surface area (Å²) >= 11 is 6.33. The van der Waals surface area contributed by atoms with Gasteiger partial charge in [-0.15, -0.1) is 0 Å². The fourth-order valence-corrected chi connectivity index (χ4v) is 2.43. The number of carbonyl (C=O) groups is 1. The first kappa shape index (κ1) is 17.8. The lowest BCUT2D eigenvalue weighted by molar-refractivity contribution is -0.117. The Morgan fingerprint density at radius 1 is 1.38 bits per heavy atom. The number of nitrogens with one attached hydrogen (secondary N) is 1. The van der Waals surface area contributed by atoms with Gasteiger partial charge in [-0.2, -0.15) is 5.10 Å². The predicted molar refractivity (Wildman–Crippen MR) is 88.4 cm³/mol. The minimum Gasteiger partial charge on any atom is -0.350 e. The van der Waals surface area contributed by atoms with Crippen LogP contribution < -0.4 is 5.32 Å². The molecule has 0 aliphatic carbocycles. The van der Waals surface area contributed by atoms with Crippen molar-refractivity contribution >= 4 is 23.6 Å². The topological polar surface area (TPSA) is 46.9 Å². The van der Waals surface area contributed by atoms with Gasteiger partial charge in [-0.3, -0.25) is 9.48 Å². The molecule has 1 rings (SSSR count). The first-order valence-corrected chi connectivity index (χ1v) is 7.98. The van der Waals surface area contributed by atoms with Crippen molar-refractivity contribution in [2.45, 2.75) is 60.0 Å². The zero-order valence-corrected chi connectivity index (χ0v) is 14.4. The van der Waals surface area contributed by atoms with Gasteiger partial charge in [0.05, 0.1) is 5.69 Å². The summed E-state index contributed by atoms with van der Waals surface area (Å²) in [5, 5.41) is 7.98. The number of carbonyl (C=O) groups excluding carboxylic acids is 1. The number of aryl methyl sites for hydroxylation is 1. The third-order valence-corrected chi connectivity index (χ3v) is 3.78. The molecular weight excluding hydrogens is 286 g/mol. The van der Waals surface area contributed by atoms with E-state index in [4.69, 9.17) is 11.6 Å². The van der Waals surface area contributed by atoms with Crippen LogP contribution in [0.5, 0.6) is 0 Å². The Hall–Kier alpha value is -1.29. The molecule has 0 unspecified atom stereocenters. The van der Waals surface area contributed by atoms with Crippen LogP contribution in [-0.4, -0.2) is 21.7 Å². The second kappa shape index (κ2) is 8.23. The van der Waals surface area contributed by atoms with E-state index in [1.165, 1.54) is 6.08 Å². The highest BCUT2D eigenvalue weighted by atomic mass is 35.5. The van der Waals surface area contributed by atoms with E-state index in [-0.39, 0.29) is 11.9 Å². The fraction of sp³-hybridized carbons (Fsp3) is 0.625. The van der Waals surface area contributed by atoms with Crippen LogP contribution >= 0.6 is 11.6 Å². The zero-order chi connectivity index (χ0) is 16.0. The molecule has 0 radical (unpaired) electrons. The Balaban J connectivity index is 2.80. The Bertz CT molecular complexity index is 502. The number of aromatic nitrogens is 2. The van der Waals surface area contributed by atoms with E-state index in [1.54, 1.807) is 10.8 Å². The highest BCUT2D eigenvalue weighted by Gasteiger charge is 2.12. The molecule has 0 aromatic carbocycles. The zero-order valence-electron chi connectivity index (χ0n) is 13.6. The van der Waals surface area contributed by atoms with E-state index in [0.717, 1.165) is 30.6 Å². The van der Waals surface area contributed by atoms with Gasteiger partial charge < -0.3 is 5.32 Å². The Morgan fingerprint density at radius 2 is 2.00 bits per heavy atom. The largest absolute Gasteiger partial charge is 0.350 e. The normalized spacial score (nSPS) is 11.8. The molecule has 1 aromatic rings. The van der Waals surface area contributed by atoms with Gasteiger partial charge >= 0.3 is 0 Å². The van der Waals surface area contributed by atoms with Gasteiger partial charge in [-0.25, -0.2) is 0 Å². The van der Waals surface area contributed by atoms with Crippen molar-refractivity contribution in [2.75, 3.05) is 0 Å². The second-order valence-electron chi connectivity index (χ2n) is 5.72. The molecule has 0 spiro atoms. The van der Waals surface area contributed by atoms with E-state index in [2.05, 4.69) is 38.1 Å². The lowest BCUT2D eigenvalue weighted by Crippen LogP contribution is -2.32. The maximum Gasteiger partial charge on any atom is 0.244 e. The van der Waals surface area contributed by atoms with Gasteiger partial charge in [0.25, 0.3) is 0 Å². The van der Waals surface area contributed by atoms with Crippen LogP contribution in [0.4, 0.5) is 0 Å². The van der Waals surface area contributed by atoms with Crippen LogP contribution in [-0.2, 0) is 11.3 Å². The third kappa shape index (κ3) is 5.20. The molecule has 1 heterocycles. The van der Waals surface area contributed by atoms with E-state index in [0.29, 0.717) is 11.1 Å². The Labute approximate surface area is 132 Å². The summed E-state index contributed by atoms with van der Waals surface area (Å²) in [4.78, 5) is 11.9. The summed E-state index contributed by atoms with van der Waals surface area (Å²) in [6.45, 7) is 11.0. The van der Waals surface area contributed by atoms with E-state index in [1.807, 2.05) is 6.92 Å². The molecule has 0 aliphatic heterocycles. The molecule has 0 aliphatic rings. The molecule has 21 heavy (non-hydrogen) atoms. The van der Waals surface area contributed by atoms with Crippen LogP contribution in [0.3, 0.4) is 0 Å². The first-order valence-electron chi connectivity index (χ1n) is 7.60. The van der Waals surface area contributed by atoms with E-state index < -0.39 is 0 Å².